The van der Waals surface area contributed by atoms with Crippen LogP contribution in [0.5, 0.6) is 0 Å². The number of rotatable bonds is 4. The number of ketones is 2. The van der Waals surface area contributed by atoms with Crippen LogP contribution in [0.3, 0.4) is 0 Å². The molecule has 0 radical (unpaired) electrons. The maximum atomic E-state index is 13.8. The molecular weight excluding hydrogens is 515 g/mol. The first-order valence-corrected chi connectivity index (χ1v) is 13.3. The van der Waals surface area contributed by atoms with E-state index in [0.717, 1.165) is 28.2 Å². The van der Waals surface area contributed by atoms with Gasteiger partial charge >= 0.3 is 0 Å². The van der Waals surface area contributed by atoms with E-state index >= 15 is 0 Å². The highest BCUT2D eigenvalue weighted by Crippen LogP contribution is 2.46. The van der Waals surface area contributed by atoms with Gasteiger partial charge in [-0.05, 0) is 53.8 Å². The molecule has 4 aromatic rings. The minimum absolute atomic E-state index is 0.0481. The highest BCUT2D eigenvalue weighted by Gasteiger charge is 2.37. The normalized spacial score (nSPS) is 18.5. The Morgan fingerprint density at radius 1 is 0.763 bits per heavy atom. The maximum absolute atomic E-state index is 13.8. The van der Waals surface area contributed by atoms with Crippen LogP contribution in [0.15, 0.2) is 108 Å². The lowest BCUT2D eigenvalue weighted by molar-refractivity contribution is -0.116. The maximum Gasteiger partial charge on any atom is 0.193 e. The Bertz CT molecular complexity index is 1580. The summed E-state index contributed by atoms with van der Waals surface area (Å²) in [7, 11) is 0. The zero-order valence-corrected chi connectivity index (χ0v) is 21.9. The first kappa shape index (κ1) is 24.5. The van der Waals surface area contributed by atoms with Crippen LogP contribution in [-0.4, -0.2) is 11.6 Å². The molecule has 1 heterocycles. The molecule has 1 aliphatic heterocycles. The van der Waals surface area contributed by atoms with Crippen molar-refractivity contribution < 1.29 is 9.59 Å². The predicted octanol–water partition coefficient (Wildman–Crippen LogP) is 8.20. The van der Waals surface area contributed by atoms with Crippen molar-refractivity contribution in [2.24, 2.45) is 0 Å². The Labute approximate surface area is 231 Å². The highest BCUT2D eigenvalue weighted by atomic mass is 35.5. The van der Waals surface area contributed by atoms with E-state index in [4.69, 9.17) is 23.2 Å². The topological polar surface area (TPSA) is 58.2 Å². The first-order chi connectivity index (χ1) is 18.5. The van der Waals surface area contributed by atoms with E-state index in [1.165, 1.54) is 0 Å². The standard InChI is InChI=1S/C32H24Cl2N2O2/c33-23-12-13-24(25(34)18-23)31-30-28(16-22(17-29(30)37)19-7-3-1-4-8-19)35-27-15-21(11-14-26(27)36-31)32(38)20-9-5-2-6-10-20/h1-15,18,22,31,35-36H,16-17H2/t22-,31+/m0/s1. The van der Waals surface area contributed by atoms with Crippen molar-refractivity contribution in [3.63, 3.8) is 0 Å². The smallest absolute Gasteiger partial charge is 0.193 e. The molecular formula is C32H24Cl2N2O2. The van der Waals surface area contributed by atoms with Gasteiger partial charge in [0.05, 0.1) is 17.4 Å². The summed E-state index contributed by atoms with van der Waals surface area (Å²) >= 11 is 12.8. The lowest BCUT2D eigenvalue weighted by atomic mass is 9.78. The summed E-state index contributed by atoms with van der Waals surface area (Å²) in [4.78, 5) is 27.0. The molecule has 0 saturated carbocycles. The van der Waals surface area contributed by atoms with E-state index in [2.05, 4.69) is 22.8 Å². The second-order valence-corrected chi connectivity index (χ2v) is 10.5. The Balaban J connectivity index is 1.46. The number of carbonyl (C=O) groups is 2. The van der Waals surface area contributed by atoms with Crippen molar-refractivity contribution in [3.05, 3.63) is 141 Å². The van der Waals surface area contributed by atoms with Crippen LogP contribution < -0.4 is 10.6 Å². The van der Waals surface area contributed by atoms with Crippen LogP contribution in [0.4, 0.5) is 11.4 Å². The number of hydrogen-bond acceptors (Lipinski definition) is 4. The van der Waals surface area contributed by atoms with E-state index in [1.54, 1.807) is 12.1 Å². The summed E-state index contributed by atoms with van der Waals surface area (Å²) in [5, 5.41) is 8.11. The van der Waals surface area contributed by atoms with Crippen molar-refractivity contribution in [1.29, 1.82) is 0 Å². The van der Waals surface area contributed by atoms with E-state index in [0.29, 0.717) is 39.6 Å². The molecule has 0 saturated heterocycles. The summed E-state index contributed by atoms with van der Waals surface area (Å²) in [6, 6.07) is 29.7. The number of benzene rings is 4. The van der Waals surface area contributed by atoms with Crippen molar-refractivity contribution in [3.8, 4) is 0 Å². The van der Waals surface area contributed by atoms with Crippen molar-refractivity contribution in [2.75, 3.05) is 10.6 Å². The Morgan fingerprint density at radius 3 is 2.24 bits per heavy atom. The third kappa shape index (κ3) is 4.62. The lowest BCUT2D eigenvalue weighted by Gasteiger charge is -2.30. The van der Waals surface area contributed by atoms with Gasteiger partial charge in [0.15, 0.2) is 11.6 Å². The quantitative estimate of drug-likeness (QED) is 0.257. The van der Waals surface area contributed by atoms with Gasteiger partial charge in [-0.25, -0.2) is 0 Å². The van der Waals surface area contributed by atoms with Crippen molar-refractivity contribution >= 4 is 46.1 Å². The van der Waals surface area contributed by atoms with Gasteiger partial charge in [0.1, 0.15) is 0 Å². The zero-order chi connectivity index (χ0) is 26.2. The number of carbonyl (C=O) groups excluding carboxylic acids is 2. The molecule has 4 aromatic carbocycles. The summed E-state index contributed by atoms with van der Waals surface area (Å²) in [5.74, 6) is 0.0457. The number of allylic oxidation sites excluding steroid dienone is 1. The Hall–Kier alpha value is -3.86. The summed E-state index contributed by atoms with van der Waals surface area (Å²) in [6.45, 7) is 0. The second-order valence-electron chi connectivity index (χ2n) is 9.65. The minimum atomic E-state index is -0.469. The average molecular weight is 539 g/mol. The van der Waals surface area contributed by atoms with Crippen LogP contribution in [-0.2, 0) is 4.79 Å². The van der Waals surface area contributed by atoms with Crippen molar-refractivity contribution in [1.82, 2.24) is 0 Å². The fourth-order valence-electron chi connectivity index (χ4n) is 5.38. The van der Waals surface area contributed by atoms with E-state index in [-0.39, 0.29) is 17.5 Å². The highest BCUT2D eigenvalue weighted by molar-refractivity contribution is 6.35. The lowest BCUT2D eigenvalue weighted by Crippen LogP contribution is -2.27. The molecule has 0 amide bonds. The molecule has 0 fully saturated rings. The summed E-state index contributed by atoms with van der Waals surface area (Å²) in [5.41, 5.74) is 6.11. The van der Waals surface area contributed by atoms with Gasteiger partial charge in [0, 0.05) is 38.9 Å². The number of hydrogen-bond donors (Lipinski definition) is 2. The first-order valence-electron chi connectivity index (χ1n) is 12.5. The molecule has 4 nitrogen and oxygen atoms in total. The number of nitrogens with one attached hydrogen (secondary N) is 2. The Kier molecular flexibility index (Phi) is 6.52. The molecule has 6 heteroatoms. The summed E-state index contributed by atoms with van der Waals surface area (Å²) < 4.78 is 0. The molecule has 188 valence electrons. The number of halogens is 2. The molecule has 0 bridgehead atoms. The van der Waals surface area contributed by atoms with Gasteiger partial charge in [-0.3, -0.25) is 9.59 Å². The second kappa shape index (κ2) is 10.1. The van der Waals surface area contributed by atoms with E-state index < -0.39 is 6.04 Å². The van der Waals surface area contributed by atoms with E-state index in [1.807, 2.05) is 72.8 Å². The van der Waals surface area contributed by atoms with Gasteiger partial charge in [-0.1, -0.05) is 89.9 Å². The minimum Gasteiger partial charge on any atom is -0.372 e. The van der Waals surface area contributed by atoms with Gasteiger partial charge in [0.2, 0.25) is 0 Å². The van der Waals surface area contributed by atoms with Gasteiger partial charge < -0.3 is 10.6 Å². The zero-order valence-electron chi connectivity index (χ0n) is 20.4. The summed E-state index contributed by atoms with van der Waals surface area (Å²) in [6.07, 6.45) is 1.06. The predicted molar refractivity (Wildman–Crippen MR) is 153 cm³/mol. The van der Waals surface area contributed by atoms with E-state index in [9.17, 15) is 9.59 Å². The molecule has 6 rings (SSSR count). The Morgan fingerprint density at radius 2 is 1.50 bits per heavy atom. The monoisotopic (exact) mass is 538 g/mol. The average Bonchev–Trinajstić information content (AvgIpc) is 3.10. The molecule has 2 aliphatic rings. The van der Waals surface area contributed by atoms with Crippen LogP contribution in [0, 0.1) is 0 Å². The number of fused-ring (bicyclic) bond motifs is 1. The van der Waals surface area contributed by atoms with Crippen LogP contribution in [0.25, 0.3) is 0 Å². The molecule has 2 N–H and O–H groups in total. The van der Waals surface area contributed by atoms with Gasteiger partial charge in [-0.15, -0.1) is 0 Å². The molecule has 2 atom stereocenters. The third-order valence-electron chi connectivity index (χ3n) is 7.24. The number of Topliss-reactive ketones (excluding diaryl/α,β-unsaturated/α-hetero) is 1. The molecule has 1 aliphatic carbocycles. The molecule has 0 aromatic heterocycles. The molecule has 0 spiro atoms. The van der Waals surface area contributed by atoms with Crippen LogP contribution >= 0.6 is 23.2 Å². The largest absolute Gasteiger partial charge is 0.372 e. The number of anilines is 2. The van der Waals surface area contributed by atoms with Gasteiger partial charge in [-0.2, -0.15) is 0 Å². The third-order valence-corrected chi connectivity index (χ3v) is 7.81. The van der Waals surface area contributed by atoms with Crippen LogP contribution in [0.1, 0.15) is 51.8 Å². The molecule has 0 unspecified atom stereocenters. The fraction of sp³-hybridized carbons (Fsp3) is 0.125. The SMILES string of the molecule is O=C1C[C@@H](c2ccccc2)CC2=C1[C@@H](c1ccc(Cl)cc1Cl)Nc1ccc(C(=O)c3ccccc3)cc1N2. The molecule has 38 heavy (non-hydrogen) atoms. The van der Waals surface area contributed by atoms with Crippen LogP contribution in [0.2, 0.25) is 10.0 Å². The van der Waals surface area contributed by atoms with Gasteiger partial charge in [0.25, 0.3) is 0 Å². The fourth-order valence-corrected chi connectivity index (χ4v) is 5.89. The van der Waals surface area contributed by atoms with Crippen molar-refractivity contribution in [2.45, 2.75) is 24.8 Å².